The summed E-state index contributed by atoms with van der Waals surface area (Å²) in [5, 5.41) is 14.4. The van der Waals surface area contributed by atoms with Crippen LogP contribution in [0.15, 0.2) is 35.7 Å². The number of hydrogen-bond acceptors (Lipinski definition) is 5. The van der Waals surface area contributed by atoms with E-state index < -0.39 is 0 Å². The third kappa shape index (κ3) is 4.94. The summed E-state index contributed by atoms with van der Waals surface area (Å²) in [5.74, 6) is -0.178. The molecule has 0 aliphatic carbocycles. The van der Waals surface area contributed by atoms with E-state index in [1.807, 2.05) is 43.8 Å². The van der Waals surface area contributed by atoms with Gasteiger partial charge in [-0.05, 0) is 56.8 Å². The molecule has 1 N–H and O–H groups in total. The lowest BCUT2D eigenvalue weighted by Gasteiger charge is -2.08. The van der Waals surface area contributed by atoms with Crippen LogP contribution in [0, 0.1) is 33.5 Å². The molecule has 0 aliphatic rings. The number of carbonyl (C=O) groups excluding carboxylic acids is 1. The van der Waals surface area contributed by atoms with Gasteiger partial charge < -0.3 is 10.1 Å². The molecule has 10 heteroatoms. The molecule has 0 unspecified atom stereocenters. The fourth-order valence-electron chi connectivity index (χ4n) is 3.45. The maximum atomic E-state index is 13.3. The minimum absolute atomic E-state index is 0.0976. The van der Waals surface area contributed by atoms with Gasteiger partial charge in [-0.2, -0.15) is 10.2 Å². The average Bonchev–Trinajstić information content (AvgIpc) is 3.42. The highest BCUT2D eigenvalue weighted by atomic mass is 35.5. The van der Waals surface area contributed by atoms with Crippen LogP contribution in [0.25, 0.3) is 0 Å². The summed E-state index contributed by atoms with van der Waals surface area (Å²) < 4.78 is 22.4. The summed E-state index contributed by atoms with van der Waals surface area (Å²) in [4.78, 5) is 13.5. The van der Waals surface area contributed by atoms with Gasteiger partial charge in [0.2, 0.25) is 0 Å². The molecule has 4 aromatic rings. The number of carbonyl (C=O) groups is 1. The molecule has 0 saturated carbocycles. The molecule has 172 valence electrons. The Hall–Kier alpha value is -3.17. The second-order valence-electron chi connectivity index (χ2n) is 7.69. The van der Waals surface area contributed by atoms with Crippen LogP contribution in [0.1, 0.15) is 38.0 Å². The van der Waals surface area contributed by atoms with Crippen molar-refractivity contribution in [3.63, 3.8) is 0 Å². The summed E-state index contributed by atoms with van der Waals surface area (Å²) in [7, 11) is 0. The third-order valence-electron chi connectivity index (χ3n) is 5.27. The topological polar surface area (TPSA) is 74.0 Å². The van der Waals surface area contributed by atoms with E-state index in [1.54, 1.807) is 16.8 Å². The number of nitrogens with zero attached hydrogens (tertiary/aromatic N) is 4. The molecule has 3 heterocycles. The number of amides is 1. The Morgan fingerprint density at radius 1 is 1.12 bits per heavy atom. The summed E-state index contributed by atoms with van der Waals surface area (Å²) >= 11 is 7.59. The maximum Gasteiger partial charge on any atom is 0.265 e. The van der Waals surface area contributed by atoms with Crippen molar-refractivity contribution in [3.05, 3.63) is 79.8 Å². The lowest BCUT2D eigenvalue weighted by atomic mass is 10.2. The summed E-state index contributed by atoms with van der Waals surface area (Å²) in [6, 6.07) is 7.77. The number of rotatable bonds is 7. The first-order valence-electron chi connectivity index (χ1n) is 10.2. The Bertz CT molecular complexity index is 1330. The van der Waals surface area contributed by atoms with Crippen molar-refractivity contribution in [2.75, 3.05) is 5.32 Å². The highest BCUT2D eigenvalue weighted by molar-refractivity contribution is 7.12. The molecule has 0 radical (unpaired) electrons. The number of anilines is 1. The van der Waals surface area contributed by atoms with Crippen LogP contribution in [0.2, 0.25) is 5.02 Å². The minimum Gasteiger partial charge on any atom is -0.471 e. The van der Waals surface area contributed by atoms with Gasteiger partial charge in [0.1, 0.15) is 11.6 Å². The van der Waals surface area contributed by atoms with Crippen LogP contribution < -0.4 is 10.1 Å². The van der Waals surface area contributed by atoms with Crippen molar-refractivity contribution >= 4 is 34.5 Å². The van der Waals surface area contributed by atoms with Crippen LogP contribution in [0.5, 0.6) is 5.75 Å². The summed E-state index contributed by atoms with van der Waals surface area (Å²) in [6.07, 6.45) is 0. The zero-order chi connectivity index (χ0) is 23.7. The van der Waals surface area contributed by atoms with Crippen molar-refractivity contribution in [1.82, 2.24) is 19.6 Å². The zero-order valence-electron chi connectivity index (χ0n) is 18.6. The molecule has 0 fully saturated rings. The van der Waals surface area contributed by atoms with E-state index in [0.717, 1.165) is 22.6 Å². The number of aromatic nitrogens is 4. The third-order valence-corrected chi connectivity index (χ3v) is 6.80. The van der Waals surface area contributed by atoms with Crippen LogP contribution in [-0.4, -0.2) is 25.5 Å². The van der Waals surface area contributed by atoms with Crippen molar-refractivity contribution in [2.24, 2.45) is 0 Å². The van der Waals surface area contributed by atoms with E-state index >= 15 is 0 Å². The fraction of sp³-hybridized carbons (Fsp3) is 0.261. The van der Waals surface area contributed by atoms with Crippen molar-refractivity contribution in [2.45, 2.75) is 41.0 Å². The lowest BCUT2D eigenvalue weighted by molar-refractivity contribution is 0.103. The van der Waals surface area contributed by atoms with Gasteiger partial charge in [-0.1, -0.05) is 17.7 Å². The quantitative estimate of drug-likeness (QED) is 0.373. The van der Waals surface area contributed by atoms with E-state index in [1.165, 1.54) is 23.5 Å². The molecule has 0 atom stereocenters. The first kappa shape index (κ1) is 23.0. The van der Waals surface area contributed by atoms with Gasteiger partial charge in [-0.15, -0.1) is 11.3 Å². The number of nitrogens with one attached hydrogen (secondary N) is 1. The van der Waals surface area contributed by atoms with Crippen LogP contribution in [-0.2, 0) is 13.3 Å². The predicted octanol–water partition coefficient (Wildman–Crippen LogP) is 5.50. The highest BCUT2D eigenvalue weighted by Crippen LogP contribution is 2.25. The molecule has 3 aromatic heterocycles. The maximum absolute atomic E-state index is 13.3. The zero-order valence-corrected chi connectivity index (χ0v) is 20.2. The monoisotopic (exact) mass is 487 g/mol. The molecule has 1 aromatic carbocycles. The first-order chi connectivity index (χ1) is 15.7. The van der Waals surface area contributed by atoms with E-state index in [0.29, 0.717) is 33.6 Å². The van der Waals surface area contributed by atoms with Crippen molar-refractivity contribution in [3.8, 4) is 5.75 Å². The molecule has 0 bridgehead atoms. The van der Waals surface area contributed by atoms with Gasteiger partial charge >= 0.3 is 0 Å². The van der Waals surface area contributed by atoms with Gasteiger partial charge in [0.05, 0.1) is 44.9 Å². The molecule has 0 aliphatic heterocycles. The fourth-order valence-corrected chi connectivity index (χ4v) is 4.38. The molecule has 7 nitrogen and oxygen atoms in total. The summed E-state index contributed by atoms with van der Waals surface area (Å²) in [5.41, 5.74) is 4.68. The van der Waals surface area contributed by atoms with Crippen LogP contribution in [0.4, 0.5) is 10.1 Å². The van der Waals surface area contributed by atoms with E-state index in [-0.39, 0.29) is 18.5 Å². The Kier molecular flexibility index (Phi) is 6.53. The van der Waals surface area contributed by atoms with Crippen molar-refractivity contribution in [1.29, 1.82) is 0 Å². The first-order valence-corrected chi connectivity index (χ1v) is 11.5. The van der Waals surface area contributed by atoms with E-state index in [4.69, 9.17) is 16.3 Å². The van der Waals surface area contributed by atoms with Crippen LogP contribution >= 0.6 is 22.9 Å². The van der Waals surface area contributed by atoms with Crippen molar-refractivity contribution < 1.29 is 13.9 Å². The smallest absolute Gasteiger partial charge is 0.265 e. The average molecular weight is 488 g/mol. The number of benzene rings is 1. The Morgan fingerprint density at radius 3 is 2.58 bits per heavy atom. The number of aryl methyl sites for hydroxylation is 2. The lowest BCUT2D eigenvalue weighted by Crippen LogP contribution is -2.13. The number of ether oxygens (including phenoxy) is 1. The van der Waals surface area contributed by atoms with E-state index in [9.17, 15) is 9.18 Å². The predicted molar refractivity (Wildman–Crippen MR) is 127 cm³/mol. The van der Waals surface area contributed by atoms with E-state index in [2.05, 4.69) is 15.5 Å². The van der Waals surface area contributed by atoms with Gasteiger partial charge in [-0.3, -0.25) is 9.48 Å². The standard InChI is InChI=1S/C23H23ClFN5O2S/c1-13-21(24)15(3)29(27-13)10-17-8-20(33-11-17)23(31)26-22-14(2)28-30(16(22)4)12-32-19-7-5-6-18(25)9-19/h5-9,11H,10,12H2,1-4H3,(H,26,31). The molecule has 0 saturated heterocycles. The molecule has 1 amide bonds. The van der Waals surface area contributed by atoms with Crippen LogP contribution in [0.3, 0.4) is 0 Å². The summed E-state index contributed by atoms with van der Waals surface area (Å²) in [6.45, 7) is 8.08. The second-order valence-corrected chi connectivity index (χ2v) is 8.98. The minimum atomic E-state index is -0.370. The molecule has 4 rings (SSSR count). The number of thiophene rings is 1. The largest absolute Gasteiger partial charge is 0.471 e. The molecule has 0 spiro atoms. The van der Waals surface area contributed by atoms with Gasteiger partial charge in [0, 0.05) is 6.07 Å². The Morgan fingerprint density at radius 2 is 1.88 bits per heavy atom. The number of halogens is 2. The molecule has 33 heavy (non-hydrogen) atoms. The SMILES string of the molecule is Cc1nn(Cc2csc(C(=O)Nc3c(C)nn(COc4cccc(F)c4)c3C)c2)c(C)c1Cl. The number of hydrogen-bond donors (Lipinski definition) is 1. The van der Waals surface area contributed by atoms with Gasteiger partial charge in [0.25, 0.3) is 5.91 Å². The highest BCUT2D eigenvalue weighted by Gasteiger charge is 2.18. The molecular weight excluding hydrogens is 465 g/mol. The second kappa shape index (κ2) is 9.36. The van der Waals surface area contributed by atoms with Gasteiger partial charge in [0.15, 0.2) is 6.73 Å². The normalized spacial score (nSPS) is 11.1. The molecular formula is C23H23ClFN5O2S. The Labute approximate surface area is 199 Å². The Balaban J connectivity index is 1.44. The van der Waals surface area contributed by atoms with Gasteiger partial charge in [-0.25, -0.2) is 9.07 Å².